The van der Waals surface area contributed by atoms with Crippen LogP contribution in [0.1, 0.15) is 22.3 Å². The molecule has 0 unspecified atom stereocenters. The largest absolute Gasteiger partial charge is 0.300 e. The fourth-order valence-electron chi connectivity index (χ4n) is 3.37. The molecule has 26 heavy (non-hydrogen) atoms. The second kappa shape index (κ2) is 7.27. The minimum atomic E-state index is 0.558. The number of hydrogen-bond acceptors (Lipinski definition) is 1. The van der Waals surface area contributed by atoms with Gasteiger partial charge in [0.25, 0.3) is 0 Å². The van der Waals surface area contributed by atoms with Gasteiger partial charge in [-0.2, -0.15) is 0 Å². The van der Waals surface area contributed by atoms with E-state index in [0.29, 0.717) is 5.71 Å². The van der Waals surface area contributed by atoms with Crippen LogP contribution in [0.5, 0.6) is 0 Å². The van der Waals surface area contributed by atoms with E-state index in [9.17, 15) is 0 Å². The zero-order valence-corrected chi connectivity index (χ0v) is 15.8. The van der Waals surface area contributed by atoms with Gasteiger partial charge in [-0.25, -0.2) is 0 Å². The van der Waals surface area contributed by atoms with Gasteiger partial charge in [0.15, 0.2) is 0 Å². The summed E-state index contributed by atoms with van der Waals surface area (Å²) in [5.41, 5.74) is 4.93. The lowest BCUT2D eigenvalue weighted by Gasteiger charge is -2.13. The molecule has 0 amide bonds. The van der Waals surface area contributed by atoms with Crippen LogP contribution in [0, 0.1) is 5.41 Å². The monoisotopic (exact) mass is 399 g/mol. The van der Waals surface area contributed by atoms with Gasteiger partial charge in [0.1, 0.15) is 0 Å². The smallest absolute Gasteiger partial charge is 0.0687 e. The van der Waals surface area contributed by atoms with Crippen LogP contribution in [0.25, 0.3) is 10.8 Å². The van der Waals surface area contributed by atoms with Crippen LogP contribution in [-0.4, -0.2) is 5.71 Å². The molecule has 0 aliphatic heterocycles. The standard InChI is InChI=1S/C24H18BrN/c25-21-12-6-11-20(16-21)24(26)23-14-4-2-8-19(23)15-18-10-5-9-17-7-1-3-13-22(17)18/h1-14,16,26H,15H2. The van der Waals surface area contributed by atoms with Crippen LogP contribution in [-0.2, 0) is 6.42 Å². The Morgan fingerprint density at radius 2 is 1.42 bits per heavy atom. The minimum Gasteiger partial charge on any atom is -0.300 e. The van der Waals surface area contributed by atoms with Gasteiger partial charge in [-0.1, -0.05) is 94.8 Å². The number of benzene rings is 4. The number of fused-ring (bicyclic) bond motifs is 1. The van der Waals surface area contributed by atoms with Crippen LogP contribution in [0.15, 0.2) is 95.5 Å². The van der Waals surface area contributed by atoms with Gasteiger partial charge < -0.3 is 0 Å². The Hall–Kier alpha value is -2.71. The third-order valence-corrected chi connectivity index (χ3v) is 5.15. The fraction of sp³-hybridized carbons (Fsp3) is 0.0417. The molecule has 0 aliphatic rings. The molecular formula is C24H18BrN. The van der Waals surface area contributed by atoms with Crippen molar-refractivity contribution in [1.82, 2.24) is 0 Å². The number of rotatable bonds is 4. The molecule has 0 saturated carbocycles. The summed E-state index contributed by atoms with van der Waals surface area (Å²) in [6, 6.07) is 31.1. The van der Waals surface area contributed by atoms with Crippen molar-refractivity contribution in [3.8, 4) is 0 Å². The molecule has 0 radical (unpaired) electrons. The third kappa shape index (κ3) is 3.33. The van der Waals surface area contributed by atoms with Crippen molar-refractivity contribution in [2.24, 2.45) is 0 Å². The third-order valence-electron chi connectivity index (χ3n) is 4.66. The number of nitrogens with one attached hydrogen (secondary N) is 1. The van der Waals surface area contributed by atoms with E-state index < -0.39 is 0 Å². The van der Waals surface area contributed by atoms with Crippen molar-refractivity contribution >= 4 is 32.4 Å². The van der Waals surface area contributed by atoms with Crippen LogP contribution in [0.3, 0.4) is 0 Å². The van der Waals surface area contributed by atoms with Crippen LogP contribution in [0.4, 0.5) is 0 Å². The molecule has 4 rings (SSSR count). The summed E-state index contributed by atoms with van der Waals surface area (Å²) in [6.07, 6.45) is 0.813. The average molecular weight is 400 g/mol. The first kappa shape index (κ1) is 16.7. The van der Waals surface area contributed by atoms with E-state index in [1.165, 1.54) is 21.9 Å². The maximum Gasteiger partial charge on any atom is 0.0687 e. The Kier molecular flexibility index (Phi) is 4.68. The highest BCUT2D eigenvalue weighted by molar-refractivity contribution is 9.10. The molecule has 126 valence electrons. The second-order valence-corrected chi connectivity index (χ2v) is 7.27. The Labute approximate surface area is 162 Å². The summed E-state index contributed by atoms with van der Waals surface area (Å²) in [4.78, 5) is 0. The second-order valence-electron chi connectivity index (χ2n) is 6.36. The molecule has 1 N–H and O–H groups in total. The van der Waals surface area contributed by atoms with E-state index in [4.69, 9.17) is 5.41 Å². The first-order chi connectivity index (χ1) is 12.7. The zero-order valence-electron chi connectivity index (χ0n) is 14.2. The van der Waals surface area contributed by atoms with Crippen LogP contribution in [0.2, 0.25) is 0 Å². The van der Waals surface area contributed by atoms with Gasteiger partial charge in [-0.15, -0.1) is 0 Å². The Morgan fingerprint density at radius 1 is 0.731 bits per heavy atom. The molecule has 0 heterocycles. The van der Waals surface area contributed by atoms with Gasteiger partial charge in [0, 0.05) is 15.6 Å². The molecule has 1 nitrogen and oxygen atoms in total. The maximum absolute atomic E-state index is 8.72. The predicted octanol–water partition coefficient (Wildman–Crippen LogP) is 6.61. The van der Waals surface area contributed by atoms with E-state index in [-0.39, 0.29) is 0 Å². The summed E-state index contributed by atoms with van der Waals surface area (Å²) in [5, 5.41) is 11.2. The number of hydrogen-bond donors (Lipinski definition) is 1. The molecule has 0 spiro atoms. The zero-order chi connectivity index (χ0) is 17.9. The van der Waals surface area contributed by atoms with Gasteiger partial charge in [-0.3, -0.25) is 5.41 Å². The molecule has 0 aromatic heterocycles. The van der Waals surface area contributed by atoms with E-state index >= 15 is 0 Å². The van der Waals surface area contributed by atoms with Crippen molar-refractivity contribution in [1.29, 1.82) is 5.41 Å². The van der Waals surface area contributed by atoms with Crippen molar-refractivity contribution in [3.05, 3.63) is 118 Å². The molecule has 4 aromatic carbocycles. The molecule has 4 aromatic rings. The first-order valence-corrected chi connectivity index (χ1v) is 9.41. The summed E-state index contributed by atoms with van der Waals surface area (Å²) >= 11 is 3.51. The molecular weight excluding hydrogens is 382 g/mol. The van der Waals surface area contributed by atoms with Crippen molar-refractivity contribution in [2.45, 2.75) is 6.42 Å². The molecule has 0 fully saturated rings. The molecule has 0 atom stereocenters. The topological polar surface area (TPSA) is 23.9 Å². The highest BCUT2D eigenvalue weighted by atomic mass is 79.9. The summed E-state index contributed by atoms with van der Waals surface area (Å²) < 4.78 is 0.992. The van der Waals surface area contributed by atoms with E-state index in [1.807, 2.05) is 36.4 Å². The Balaban J connectivity index is 1.75. The summed E-state index contributed by atoms with van der Waals surface area (Å²) in [7, 11) is 0. The molecule has 2 heteroatoms. The van der Waals surface area contributed by atoms with E-state index in [0.717, 1.165) is 22.0 Å². The molecule has 0 bridgehead atoms. The predicted molar refractivity (Wildman–Crippen MR) is 113 cm³/mol. The van der Waals surface area contributed by atoms with Crippen molar-refractivity contribution < 1.29 is 0 Å². The quantitative estimate of drug-likeness (QED) is 0.373. The lowest BCUT2D eigenvalue weighted by molar-refractivity contribution is 1.20. The van der Waals surface area contributed by atoms with Crippen LogP contribution >= 0.6 is 15.9 Å². The van der Waals surface area contributed by atoms with E-state index in [1.54, 1.807) is 0 Å². The van der Waals surface area contributed by atoms with Gasteiger partial charge in [0.2, 0.25) is 0 Å². The molecule has 0 saturated heterocycles. The highest BCUT2D eigenvalue weighted by Gasteiger charge is 2.11. The number of halogens is 1. The minimum absolute atomic E-state index is 0.558. The fourth-order valence-corrected chi connectivity index (χ4v) is 3.77. The first-order valence-electron chi connectivity index (χ1n) is 8.62. The van der Waals surface area contributed by atoms with Crippen molar-refractivity contribution in [3.63, 3.8) is 0 Å². The average Bonchev–Trinajstić information content (AvgIpc) is 2.68. The lowest BCUT2D eigenvalue weighted by Crippen LogP contribution is -2.06. The summed E-state index contributed by atoms with van der Waals surface area (Å²) in [5.74, 6) is 0. The Morgan fingerprint density at radius 3 is 2.31 bits per heavy atom. The van der Waals surface area contributed by atoms with Crippen molar-refractivity contribution in [2.75, 3.05) is 0 Å². The van der Waals surface area contributed by atoms with Gasteiger partial charge in [0.05, 0.1) is 5.71 Å². The lowest BCUT2D eigenvalue weighted by atomic mass is 9.92. The van der Waals surface area contributed by atoms with Gasteiger partial charge in [-0.05, 0) is 40.5 Å². The van der Waals surface area contributed by atoms with Crippen LogP contribution < -0.4 is 0 Å². The SMILES string of the molecule is N=C(c1cccc(Br)c1)c1ccccc1Cc1cccc2ccccc12. The normalized spacial score (nSPS) is 10.8. The Bertz CT molecular complexity index is 1090. The van der Waals surface area contributed by atoms with Gasteiger partial charge >= 0.3 is 0 Å². The summed E-state index contributed by atoms with van der Waals surface area (Å²) in [6.45, 7) is 0. The highest BCUT2D eigenvalue weighted by Crippen LogP contribution is 2.24. The maximum atomic E-state index is 8.72. The van der Waals surface area contributed by atoms with E-state index in [2.05, 4.69) is 70.5 Å². The molecule has 0 aliphatic carbocycles.